The van der Waals surface area contributed by atoms with Crippen molar-refractivity contribution in [2.24, 2.45) is 7.05 Å². The van der Waals surface area contributed by atoms with E-state index in [1.54, 1.807) is 19.3 Å². The molecule has 0 saturated carbocycles. The van der Waals surface area contributed by atoms with Crippen molar-refractivity contribution in [3.63, 3.8) is 0 Å². The summed E-state index contributed by atoms with van der Waals surface area (Å²) < 4.78 is 12.0. The summed E-state index contributed by atoms with van der Waals surface area (Å²) in [6.07, 6.45) is 1.72. The summed E-state index contributed by atoms with van der Waals surface area (Å²) in [6.45, 7) is 0.361. The van der Waals surface area contributed by atoms with Crippen LogP contribution in [0.5, 0.6) is 5.75 Å². The molecule has 6 heteroatoms. The molecule has 3 rings (SSSR count). The first-order valence-electron chi connectivity index (χ1n) is 6.77. The largest absolute Gasteiger partial charge is 0.487 e. The van der Waals surface area contributed by atoms with Gasteiger partial charge in [0.15, 0.2) is 5.69 Å². The zero-order chi connectivity index (χ0) is 15.5. The lowest BCUT2D eigenvalue weighted by Gasteiger charge is -2.06. The van der Waals surface area contributed by atoms with E-state index in [0.717, 1.165) is 5.69 Å². The van der Waals surface area contributed by atoms with Crippen molar-refractivity contribution >= 4 is 16.9 Å². The number of carbonyl (C=O) groups excluding carboxylic acids is 1. The number of carbonyl (C=O) groups is 1. The lowest BCUT2D eigenvalue weighted by Crippen LogP contribution is -2.08. The van der Waals surface area contributed by atoms with Crippen molar-refractivity contribution in [2.75, 3.05) is 7.11 Å². The number of methoxy groups -OCH3 is 1. The number of aromatic nitrogens is 3. The summed E-state index contributed by atoms with van der Waals surface area (Å²) >= 11 is 0. The smallest absolute Gasteiger partial charge is 0.356 e. The zero-order valence-electron chi connectivity index (χ0n) is 12.3. The first-order chi connectivity index (χ1) is 10.7. The molecular weight excluding hydrogens is 282 g/mol. The van der Waals surface area contributed by atoms with Gasteiger partial charge >= 0.3 is 5.97 Å². The molecule has 2 aromatic heterocycles. The minimum atomic E-state index is -0.424. The fourth-order valence-corrected chi connectivity index (χ4v) is 2.25. The molecule has 2 heterocycles. The van der Waals surface area contributed by atoms with Gasteiger partial charge in [-0.3, -0.25) is 9.67 Å². The van der Waals surface area contributed by atoms with Gasteiger partial charge in [0, 0.05) is 18.6 Å². The van der Waals surface area contributed by atoms with Gasteiger partial charge in [0.25, 0.3) is 0 Å². The Hall–Kier alpha value is -2.89. The standard InChI is InChI=1S/C16H15N3O3/c1-19-15(16(20)21-2)13-9-12(6-7-14(13)18-19)22-10-11-5-3-4-8-17-11/h3-9H,10H2,1-2H3. The molecule has 112 valence electrons. The highest BCUT2D eigenvalue weighted by Crippen LogP contribution is 2.24. The molecule has 0 spiro atoms. The van der Waals surface area contributed by atoms with Crippen LogP contribution in [0.4, 0.5) is 0 Å². The lowest BCUT2D eigenvalue weighted by atomic mass is 10.2. The van der Waals surface area contributed by atoms with Gasteiger partial charge < -0.3 is 9.47 Å². The van der Waals surface area contributed by atoms with Crippen molar-refractivity contribution < 1.29 is 14.3 Å². The minimum Gasteiger partial charge on any atom is -0.487 e. The van der Waals surface area contributed by atoms with Gasteiger partial charge in [0.2, 0.25) is 0 Å². The molecule has 0 amide bonds. The van der Waals surface area contributed by atoms with E-state index in [9.17, 15) is 4.79 Å². The number of rotatable bonds is 4. The molecule has 0 aliphatic rings. The van der Waals surface area contributed by atoms with E-state index < -0.39 is 5.97 Å². The molecule has 6 nitrogen and oxygen atoms in total. The van der Waals surface area contributed by atoms with E-state index in [0.29, 0.717) is 29.0 Å². The predicted octanol–water partition coefficient (Wildman–Crippen LogP) is 2.33. The molecule has 0 aliphatic carbocycles. The number of ether oxygens (including phenoxy) is 2. The van der Waals surface area contributed by atoms with Gasteiger partial charge in [-0.25, -0.2) is 4.79 Å². The third kappa shape index (κ3) is 2.63. The highest BCUT2D eigenvalue weighted by molar-refractivity contribution is 6.02. The summed E-state index contributed by atoms with van der Waals surface area (Å²) in [7, 11) is 3.06. The molecular formula is C16H15N3O3. The maximum absolute atomic E-state index is 11.9. The Morgan fingerprint density at radius 2 is 2.14 bits per heavy atom. The summed E-state index contributed by atoms with van der Waals surface area (Å²) in [5.74, 6) is 0.225. The molecule has 0 saturated heterocycles. The molecule has 3 aromatic rings. The Labute approximate surface area is 127 Å². The maximum atomic E-state index is 11.9. The van der Waals surface area contributed by atoms with Crippen molar-refractivity contribution in [3.8, 4) is 5.75 Å². The summed E-state index contributed by atoms with van der Waals surface area (Å²) in [6, 6.07) is 11.1. The normalized spacial score (nSPS) is 10.6. The van der Waals surface area contributed by atoms with Crippen LogP contribution in [-0.2, 0) is 18.4 Å². The Bertz CT molecular complexity index is 812. The topological polar surface area (TPSA) is 66.2 Å². The van der Waals surface area contributed by atoms with E-state index >= 15 is 0 Å². The van der Waals surface area contributed by atoms with E-state index in [-0.39, 0.29) is 0 Å². The van der Waals surface area contributed by atoms with Gasteiger partial charge in [-0.05, 0) is 30.3 Å². The van der Waals surface area contributed by atoms with E-state index in [2.05, 4.69) is 10.1 Å². The third-order valence-corrected chi connectivity index (χ3v) is 3.30. The molecule has 0 aliphatic heterocycles. The average Bonchev–Trinajstić information content (AvgIpc) is 2.88. The van der Waals surface area contributed by atoms with Crippen molar-refractivity contribution in [1.29, 1.82) is 0 Å². The number of hydrogen-bond donors (Lipinski definition) is 0. The average molecular weight is 297 g/mol. The highest BCUT2D eigenvalue weighted by Gasteiger charge is 2.17. The van der Waals surface area contributed by atoms with Crippen LogP contribution in [0.15, 0.2) is 42.6 Å². The number of hydrogen-bond acceptors (Lipinski definition) is 5. The summed E-state index contributed by atoms with van der Waals surface area (Å²) in [5.41, 5.74) is 1.95. The molecule has 0 atom stereocenters. The second kappa shape index (κ2) is 5.85. The van der Waals surface area contributed by atoms with Gasteiger partial charge in [-0.2, -0.15) is 5.10 Å². The van der Waals surface area contributed by atoms with Crippen LogP contribution in [0.2, 0.25) is 0 Å². The Morgan fingerprint density at radius 1 is 1.27 bits per heavy atom. The van der Waals surface area contributed by atoms with Crippen LogP contribution >= 0.6 is 0 Å². The monoisotopic (exact) mass is 297 g/mol. The van der Waals surface area contributed by atoms with Gasteiger partial charge in [-0.1, -0.05) is 6.07 Å². The van der Waals surface area contributed by atoms with Crippen LogP contribution < -0.4 is 4.74 Å². The second-order valence-corrected chi connectivity index (χ2v) is 4.75. The molecule has 0 unspecified atom stereocenters. The van der Waals surface area contributed by atoms with E-state index in [1.807, 2.05) is 30.3 Å². The molecule has 0 fully saturated rings. The van der Waals surface area contributed by atoms with Crippen LogP contribution in [0, 0.1) is 0 Å². The number of pyridine rings is 1. The first-order valence-corrected chi connectivity index (χ1v) is 6.77. The molecule has 22 heavy (non-hydrogen) atoms. The zero-order valence-corrected chi connectivity index (χ0v) is 12.3. The molecule has 0 radical (unpaired) electrons. The summed E-state index contributed by atoms with van der Waals surface area (Å²) in [5, 5.41) is 4.99. The summed E-state index contributed by atoms with van der Waals surface area (Å²) in [4.78, 5) is 16.1. The molecule has 1 aromatic carbocycles. The SMILES string of the molecule is COC(=O)c1c2cc(OCc3ccccn3)ccc2nn1C. The van der Waals surface area contributed by atoms with Gasteiger partial charge in [-0.15, -0.1) is 0 Å². The van der Waals surface area contributed by atoms with E-state index in [4.69, 9.17) is 9.47 Å². The van der Waals surface area contributed by atoms with Crippen LogP contribution in [0.25, 0.3) is 10.9 Å². The van der Waals surface area contributed by atoms with E-state index in [1.165, 1.54) is 11.8 Å². The predicted molar refractivity (Wildman–Crippen MR) is 80.6 cm³/mol. The van der Waals surface area contributed by atoms with Crippen molar-refractivity contribution in [1.82, 2.24) is 14.8 Å². The third-order valence-electron chi connectivity index (χ3n) is 3.30. The second-order valence-electron chi connectivity index (χ2n) is 4.75. The highest BCUT2D eigenvalue weighted by atomic mass is 16.5. The first kappa shape index (κ1) is 14.1. The van der Waals surface area contributed by atoms with Crippen LogP contribution in [0.3, 0.4) is 0 Å². The number of nitrogens with zero attached hydrogens (tertiary/aromatic N) is 3. The van der Waals surface area contributed by atoms with Gasteiger partial charge in [0.05, 0.1) is 18.3 Å². The lowest BCUT2D eigenvalue weighted by molar-refractivity contribution is 0.0590. The Kier molecular flexibility index (Phi) is 3.74. The maximum Gasteiger partial charge on any atom is 0.356 e. The van der Waals surface area contributed by atoms with Crippen molar-refractivity contribution in [2.45, 2.75) is 6.61 Å². The Morgan fingerprint density at radius 3 is 2.86 bits per heavy atom. The fraction of sp³-hybridized carbons (Fsp3) is 0.188. The fourth-order valence-electron chi connectivity index (χ4n) is 2.25. The number of fused-ring (bicyclic) bond motifs is 1. The number of esters is 1. The Balaban J connectivity index is 1.90. The molecule has 0 N–H and O–H groups in total. The van der Waals surface area contributed by atoms with Crippen molar-refractivity contribution in [3.05, 3.63) is 54.0 Å². The number of aryl methyl sites for hydroxylation is 1. The van der Waals surface area contributed by atoms with Gasteiger partial charge in [0.1, 0.15) is 12.4 Å². The quantitative estimate of drug-likeness (QED) is 0.691. The minimum absolute atomic E-state index is 0.361. The van der Waals surface area contributed by atoms with Crippen LogP contribution in [0.1, 0.15) is 16.2 Å². The van der Waals surface area contributed by atoms with Crippen LogP contribution in [-0.4, -0.2) is 27.8 Å². The number of benzene rings is 1. The molecule has 0 bridgehead atoms.